The summed E-state index contributed by atoms with van der Waals surface area (Å²) in [6.45, 7) is 0. The maximum Gasteiger partial charge on any atom is 0.417 e. The SMILES string of the molecule is NS(=O)(=O)c1cc(NC(=O)Cc2ccc(Cl)cc2Cl)ccc1-c1cncc(C(F)(F)F)c1.NS(=O)(=O)c1cc(NC(=O)Cc2cccc(F)c2)ccc1-c1cncc(C(F)(F)F)c1. The number of hydrogen-bond acceptors (Lipinski definition) is 8. The van der Waals surface area contributed by atoms with E-state index in [-0.39, 0.29) is 51.5 Å². The Kier molecular flexibility index (Phi) is 14.6. The number of nitrogens with one attached hydrogen (secondary N) is 2. The van der Waals surface area contributed by atoms with Crippen LogP contribution in [0, 0.1) is 5.82 Å². The van der Waals surface area contributed by atoms with Crippen LogP contribution in [0.5, 0.6) is 0 Å². The molecular weight excluding hydrogens is 929 g/mol. The first-order chi connectivity index (χ1) is 29.3. The maximum absolute atomic E-state index is 13.2. The van der Waals surface area contributed by atoms with Crippen molar-refractivity contribution in [2.45, 2.75) is 35.0 Å². The van der Waals surface area contributed by atoms with Crippen molar-refractivity contribution in [1.82, 2.24) is 9.97 Å². The first-order valence-electron chi connectivity index (χ1n) is 17.4. The molecule has 330 valence electrons. The van der Waals surface area contributed by atoms with E-state index in [1.54, 1.807) is 18.2 Å². The fourth-order valence-corrected chi connectivity index (χ4v) is 7.76. The molecule has 0 saturated carbocycles. The number of carbonyl (C=O) groups excluding carboxylic acids is 2. The molecule has 2 aromatic heterocycles. The Bertz CT molecular complexity index is 2940. The van der Waals surface area contributed by atoms with Crippen LogP contribution in [-0.4, -0.2) is 38.6 Å². The van der Waals surface area contributed by atoms with E-state index in [0.29, 0.717) is 28.5 Å². The van der Waals surface area contributed by atoms with Crippen LogP contribution in [0.2, 0.25) is 10.0 Å². The molecule has 0 unspecified atom stereocenters. The average molecular weight is 958 g/mol. The third-order valence-corrected chi connectivity index (χ3v) is 11.0. The highest BCUT2D eigenvalue weighted by molar-refractivity contribution is 7.89. The summed E-state index contributed by atoms with van der Waals surface area (Å²) in [7, 11) is -8.72. The van der Waals surface area contributed by atoms with Crippen molar-refractivity contribution in [3.8, 4) is 22.3 Å². The number of nitrogens with two attached hydrogens (primary N) is 2. The molecule has 0 radical (unpaired) electrons. The van der Waals surface area contributed by atoms with Gasteiger partial charge in [0, 0.05) is 68.5 Å². The van der Waals surface area contributed by atoms with Crippen LogP contribution in [0.3, 0.4) is 0 Å². The fourth-order valence-electron chi connectivity index (χ4n) is 5.71. The Morgan fingerprint density at radius 3 is 1.51 bits per heavy atom. The lowest BCUT2D eigenvalue weighted by Gasteiger charge is -2.13. The van der Waals surface area contributed by atoms with E-state index in [0.717, 1.165) is 36.7 Å². The second kappa shape index (κ2) is 19.2. The lowest BCUT2D eigenvalue weighted by atomic mass is 10.0. The second-order valence-corrected chi connectivity index (χ2v) is 17.2. The van der Waals surface area contributed by atoms with E-state index < -0.39 is 70.9 Å². The van der Waals surface area contributed by atoms with Crippen molar-refractivity contribution in [1.29, 1.82) is 0 Å². The second-order valence-electron chi connectivity index (χ2n) is 13.2. The van der Waals surface area contributed by atoms with Crippen LogP contribution >= 0.6 is 23.2 Å². The van der Waals surface area contributed by atoms with Crippen molar-refractivity contribution >= 4 is 66.4 Å². The van der Waals surface area contributed by atoms with Crippen LogP contribution in [-0.2, 0) is 54.8 Å². The number of benzene rings is 4. The van der Waals surface area contributed by atoms with Crippen molar-refractivity contribution in [2.75, 3.05) is 10.6 Å². The number of rotatable bonds is 10. The van der Waals surface area contributed by atoms with Crippen LogP contribution in [0.15, 0.2) is 126 Å². The predicted octanol–water partition coefficient (Wildman–Crippen LogP) is 8.64. The van der Waals surface area contributed by atoms with Gasteiger partial charge in [-0.05, 0) is 71.8 Å². The topological polar surface area (TPSA) is 204 Å². The summed E-state index contributed by atoms with van der Waals surface area (Å²) < 4.78 is 140. The smallest absolute Gasteiger partial charge is 0.326 e. The van der Waals surface area contributed by atoms with E-state index in [1.165, 1.54) is 48.5 Å². The average Bonchev–Trinajstić information content (AvgIpc) is 3.18. The van der Waals surface area contributed by atoms with Gasteiger partial charge in [-0.1, -0.05) is 53.5 Å². The van der Waals surface area contributed by atoms with Gasteiger partial charge in [0.15, 0.2) is 0 Å². The predicted molar refractivity (Wildman–Crippen MR) is 220 cm³/mol. The number of alkyl halides is 6. The number of aromatic nitrogens is 2. The van der Waals surface area contributed by atoms with Gasteiger partial charge < -0.3 is 10.6 Å². The molecule has 23 heteroatoms. The minimum Gasteiger partial charge on any atom is -0.326 e. The Labute approximate surface area is 364 Å². The Hall–Kier alpha value is -5.97. The van der Waals surface area contributed by atoms with Crippen LogP contribution in [0.1, 0.15) is 22.3 Å². The molecule has 0 saturated heterocycles. The van der Waals surface area contributed by atoms with Gasteiger partial charge >= 0.3 is 12.4 Å². The monoisotopic (exact) mass is 956 g/mol. The molecule has 0 fully saturated rings. The zero-order chi connectivity index (χ0) is 46.5. The molecule has 2 heterocycles. The number of nitrogens with zero attached hydrogens (tertiary/aromatic N) is 2. The summed E-state index contributed by atoms with van der Waals surface area (Å²) in [6.07, 6.45) is -6.25. The van der Waals surface area contributed by atoms with E-state index in [1.807, 2.05) is 0 Å². The summed E-state index contributed by atoms with van der Waals surface area (Å²) in [5.41, 5.74) is -1.50. The lowest BCUT2D eigenvalue weighted by molar-refractivity contribution is -0.138. The highest BCUT2D eigenvalue weighted by atomic mass is 35.5. The summed E-state index contributed by atoms with van der Waals surface area (Å²) in [4.78, 5) is 30.7. The molecular formula is C40H29Cl2F7N6O6S2. The molecule has 0 aliphatic heterocycles. The van der Waals surface area contributed by atoms with Gasteiger partial charge in [0.2, 0.25) is 31.9 Å². The van der Waals surface area contributed by atoms with Gasteiger partial charge in [-0.25, -0.2) is 31.5 Å². The van der Waals surface area contributed by atoms with E-state index >= 15 is 0 Å². The number of carbonyl (C=O) groups is 2. The van der Waals surface area contributed by atoms with Crippen LogP contribution in [0.4, 0.5) is 42.1 Å². The van der Waals surface area contributed by atoms with Gasteiger partial charge in [0.05, 0.1) is 33.8 Å². The van der Waals surface area contributed by atoms with Gasteiger partial charge in [-0.15, -0.1) is 0 Å². The number of sulfonamides is 2. The fraction of sp³-hybridized carbons (Fsp3) is 0.100. The molecule has 6 aromatic rings. The van der Waals surface area contributed by atoms with Gasteiger partial charge in [-0.3, -0.25) is 19.6 Å². The highest BCUT2D eigenvalue weighted by Gasteiger charge is 2.33. The summed E-state index contributed by atoms with van der Waals surface area (Å²) >= 11 is 11.9. The van der Waals surface area contributed by atoms with Crippen LogP contribution in [0.25, 0.3) is 22.3 Å². The molecule has 4 aromatic carbocycles. The standard InChI is InChI=1S/C20H14Cl2F3N3O3S.C20H15F4N3O3S/c21-14-2-1-11(17(22)7-14)6-19(29)28-15-3-4-16(18(8-15)32(26,30)31)12-5-13(10-27-9-12)20(23,24)25;21-15-3-1-2-12(6-15)7-19(28)27-16-4-5-17(18(9-16)31(25,29)30)13-8-14(11-26-10-13)20(22,23)24/h1-5,7-10H,6H2,(H,28,29)(H2,26,30,31);1-6,8-11H,7H2,(H,27,28)(H2,25,29,30). The zero-order valence-corrected chi connectivity index (χ0v) is 34.7. The third-order valence-electron chi connectivity index (χ3n) is 8.52. The maximum atomic E-state index is 13.2. The third kappa shape index (κ3) is 13.3. The van der Waals surface area contributed by atoms with Crippen molar-refractivity contribution in [2.24, 2.45) is 10.3 Å². The molecule has 6 N–H and O–H groups in total. The zero-order valence-electron chi connectivity index (χ0n) is 31.6. The first kappa shape index (κ1) is 48.1. The first-order valence-corrected chi connectivity index (χ1v) is 21.3. The van der Waals surface area contributed by atoms with Crippen LogP contribution < -0.4 is 20.9 Å². The number of amides is 2. The van der Waals surface area contributed by atoms with Crippen molar-refractivity contribution in [3.63, 3.8) is 0 Å². The number of anilines is 2. The number of primary sulfonamides is 2. The summed E-state index contributed by atoms with van der Waals surface area (Å²) in [6, 6.07) is 18.7. The minimum atomic E-state index is -4.67. The molecule has 0 aliphatic rings. The van der Waals surface area contributed by atoms with Crippen molar-refractivity contribution < 1.29 is 57.2 Å². The quantitative estimate of drug-likeness (QED) is 0.0977. The number of hydrogen-bond donors (Lipinski definition) is 4. The van der Waals surface area contributed by atoms with Crippen molar-refractivity contribution in [3.05, 3.63) is 154 Å². The van der Waals surface area contributed by atoms with Gasteiger partial charge in [0.25, 0.3) is 0 Å². The molecule has 0 spiro atoms. The Morgan fingerprint density at radius 1 is 0.603 bits per heavy atom. The minimum absolute atomic E-state index is 0.0501. The molecule has 0 atom stereocenters. The Morgan fingerprint density at radius 2 is 1.08 bits per heavy atom. The number of pyridine rings is 2. The molecule has 0 bridgehead atoms. The highest BCUT2D eigenvalue weighted by Crippen LogP contribution is 2.36. The van der Waals surface area contributed by atoms with E-state index in [4.69, 9.17) is 33.5 Å². The normalized spacial score (nSPS) is 11.9. The van der Waals surface area contributed by atoms with Gasteiger partial charge in [-0.2, -0.15) is 26.3 Å². The summed E-state index contributed by atoms with van der Waals surface area (Å²) in [5, 5.41) is 16.2. The summed E-state index contributed by atoms with van der Waals surface area (Å²) in [5.74, 6) is -1.58. The molecule has 12 nitrogen and oxygen atoms in total. The number of halogens is 9. The lowest BCUT2D eigenvalue weighted by Crippen LogP contribution is -2.17. The molecule has 6 rings (SSSR count). The molecule has 63 heavy (non-hydrogen) atoms. The van der Waals surface area contributed by atoms with Gasteiger partial charge in [0.1, 0.15) is 5.82 Å². The van der Waals surface area contributed by atoms with E-state index in [2.05, 4.69) is 20.6 Å². The molecule has 2 amide bonds. The molecule has 0 aliphatic carbocycles. The Balaban J connectivity index is 0.000000238. The largest absolute Gasteiger partial charge is 0.417 e. The van der Waals surface area contributed by atoms with E-state index in [9.17, 15) is 57.2 Å².